The molecule has 28 heavy (non-hydrogen) atoms. The van der Waals surface area contributed by atoms with Crippen LogP contribution in [0, 0.1) is 0 Å². The molecule has 5 unspecified atom stereocenters. The normalized spacial score (nSPS) is 30.9. The molecule has 3 rings (SSSR count). The van der Waals surface area contributed by atoms with Gasteiger partial charge in [0.1, 0.15) is 12.1 Å². The Hall–Kier alpha value is -1.69. The molecule has 0 aromatic rings. The van der Waals surface area contributed by atoms with Gasteiger partial charge in [-0.05, 0) is 44.9 Å². The minimum atomic E-state index is -1.60. The van der Waals surface area contributed by atoms with E-state index in [1.807, 2.05) is 0 Å². The summed E-state index contributed by atoms with van der Waals surface area (Å²) in [6.07, 6.45) is 3.38. The van der Waals surface area contributed by atoms with E-state index in [1.54, 1.807) is 11.8 Å². The molecule has 0 aliphatic carbocycles. The zero-order chi connectivity index (χ0) is 20.4. The lowest BCUT2D eigenvalue weighted by Crippen LogP contribution is -2.59. The fourth-order valence-electron chi connectivity index (χ4n) is 4.70. The Morgan fingerprint density at radius 2 is 2.00 bits per heavy atom. The molecule has 3 saturated heterocycles. The lowest BCUT2D eigenvalue weighted by atomic mass is 9.77. The van der Waals surface area contributed by atoms with Gasteiger partial charge >= 0.3 is 7.12 Å². The van der Waals surface area contributed by atoms with E-state index in [2.05, 4.69) is 5.32 Å². The Kier molecular flexibility index (Phi) is 6.59. The van der Waals surface area contributed by atoms with Crippen LogP contribution in [0.3, 0.4) is 0 Å². The SMILES string of the molecule is CCC(NC(=O)C1CCC2CCC(ON)C(=O)N21)C(=O)N1CCCC1B(O)O. The van der Waals surface area contributed by atoms with Gasteiger partial charge in [0.2, 0.25) is 11.8 Å². The summed E-state index contributed by atoms with van der Waals surface area (Å²) < 4.78 is 0. The van der Waals surface area contributed by atoms with Gasteiger partial charge in [-0.3, -0.25) is 19.2 Å². The van der Waals surface area contributed by atoms with E-state index in [-0.39, 0.29) is 23.8 Å². The summed E-state index contributed by atoms with van der Waals surface area (Å²) in [5, 5.41) is 21.8. The molecule has 3 fully saturated rings. The topological polar surface area (TPSA) is 145 Å². The summed E-state index contributed by atoms with van der Waals surface area (Å²) in [6, 6.07) is -1.42. The van der Waals surface area contributed by atoms with Crippen LogP contribution in [0.5, 0.6) is 0 Å². The van der Waals surface area contributed by atoms with Crippen molar-refractivity contribution in [3.63, 3.8) is 0 Å². The van der Waals surface area contributed by atoms with E-state index < -0.39 is 31.2 Å². The summed E-state index contributed by atoms with van der Waals surface area (Å²) in [5.41, 5.74) is 0. The van der Waals surface area contributed by atoms with E-state index in [0.717, 1.165) is 12.8 Å². The Bertz CT molecular complexity index is 620. The molecule has 3 heterocycles. The van der Waals surface area contributed by atoms with Gasteiger partial charge in [0.25, 0.3) is 5.91 Å². The van der Waals surface area contributed by atoms with Gasteiger partial charge in [-0.25, -0.2) is 5.90 Å². The highest BCUT2D eigenvalue weighted by Gasteiger charge is 2.47. The number of rotatable bonds is 6. The summed E-state index contributed by atoms with van der Waals surface area (Å²) in [6.45, 7) is 2.21. The van der Waals surface area contributed by atoms with Crippen LogP contribution >= 0.6 is 0 Å². The third kappa shape index (κ3) is 3.89. The molecule has 11 heteroatoms. The number of hydrogen-bond donors (Lipinski definition) is 4. The largest absolute Gasteiger partial charge is 0.475 e. The first-order valence-electron chi connectivity index (χ1n) is 10.0. The number of carbonyl (C=O) groups is 3. The molecule has 0 saturated carbocycles. The molecule has 0 bridgehead atoms. The number of nitrogens with zero attached hydrogens (tertiary/aromatic N) is 2. The predicted octanol–water partition coefficient (Wildman–Crippen LogP) is -1.70. The molecule has 3 amide bonds. The zero-order valence-corrected chi connectivity index (χ0v) is 16.1. The first kappa shape index (κ1) is 21.0. The first-order valence-corrected chi connectivity index (χ1v) is 10.0. The van der Waals surface area contributed by atoms with E-state index >= 15 is 0 Å². The van der Waals surface area contributed by atoms with Crippen molar-refractivity contribution in [1.29, 1.82) is 0 Å². The zero-order valence-electron chi connectivity index (χ0n) is 16.1. The van der Waals surface area contributed by atoms with Crippen molar-refractivity contribution in [3.05, 3.63) is 0 Å². The number of piperidine rings is 1. The Morgan fingerprint density at radius 1 is 1.29 bits per heavy atom. The van der Waals surface area contributed by atoms with Crippen molar-refractivity contribution >= 4 is 24.8 Å². The van der Waals surface area contributed by atoms with Crippen LogP contribution in [0.25, 0.3) is 0 Å². The Morgan fingerprint density at radius 3 is 2.64 bits per heavy atom. The first-order chi connectivity index (χ1) is 13.4. The number of nitrogens with one attached hydrogen (secondary N) is 1. The number of carbonyl (C=O) groups excluding carboxylic acids is 3. The van der Waals surface area contributed by atoms with Gasteiger partial charge in [0, 0.05) is 12.6 Å². The minimum absolute atomic E-state index is 0.00192. The van der Waals surface area contributed by atoms with Gasteiger partial charge in [0.15, 0.2) is 6.10 Å². The molecule has 0 radical (unpaired) electrons. The average Bonchev–Trinajstić information content (AvgIpc) is 3.33. The number of amides is 3. The molecule has 156 valence electrons. The van der Waals surface area contributed by atoms with Gasteiger partial charge < -0.3 is 25.2 Å². The summed E-state index contributed by atoms with van der Waals surface area (Å²) in [7, 11) is -1.60. The predicted molar refractivity (Wildman–Crippen MR) is 99.1 cm³/mol. The fraction of sp³-hybridized carbons (Fsp3) is 0.824. The second-order valence-corrected chi connectivity index (χ2v) is 7.82. The van der Waals surface area contributed by atoms with Gasteiger partial charge in [0.05, 0.1) is 5.94 Å². The highest BCUT2D eigenvalue weighted by molar-refractivity contribution is 6.43. The lowest BCUT2D eigenvalue weighted by Gasteiger charge is -2.37. The quantitative estimate of drug-likeness (QED) is 0.309. The highest BCUT2D eigenvalue weighted by atomic mass is 16.6. The minimum Gasteiger partial charge on any atom is -0.426 e. The Balaban J connectivity index is 1.67. The molecule has 0 spiro atoms. The van der Waals surface area contributed by atoms with Gasteiger partial charge in [-0.2, -0.15) is 0 Å². The van der Waals surface area contributed by atoms with Crippen molar-refractivity contribution in [2.75, 3.05) is 6.54 Å². The van der Waals surface area contributed by atoms with Crippen LogP contribution in [0.1, 0.15) is 51.9 Å². The maximum absolute atomic E-state index is 12.9. The van der Waals surface area contributed by atoms with Gasteiger partial charge in [-0.1, -0.05) is 6.92 Å². The molecule has 10 nitrogen and oxygen atoms in total. The second kappa shape index (κ2) is 8.77. The van der Waals surface area contributed by atoms with Crippen molar-refractivity contribution < 1.29 is 29.3 Å². The maximum atomic E-state index is 12.9. The lowest BCUT2D eigenvalue weighted by molar-refractivity contribution is -0.155. The van der Waals surface area contributed by atoms with Crippen LogP contribution in [0.2, 0.25) is 0 Å². The van der Waals surface area contributed by atoms with Crippen LogP contribution in [0.15, 0.2) is 0 Å². The molecule has 5 N–H and O–H groups in total. The van der Waals surface area contributed by atoms with Crippen molar-refractivity contribution in [3.8, 4) is 0 Å². The van der Waals surface area contributed by atoms with E-state index in [1.165, 1.54) is 4.90 Å². The van der Waals surface area contributed by atoms with Crippen LogP contribution in [-0.4, -0.2) is 81.4 Å². The van der Waals surface area contributed by atoms with Crippen LogP contribution in [-0.2, 0) is 19.2 Å². The monoisotopic (exact) mass is 396 g/mol. The molecule has 3 aliphatic rings. The van der Waals surface area contributed by atoms with Crippen molar-refractivity contribution in [2.24, 2.45) is 5.90 Å². The molecular formula is C17H29BN4O6. The Labute approximate surface area is 164 Å². The van der Waals surface area contributed by atoms with E-state index in [4.69, 9.17) is 10.7 Å². The standard InChI is InChI=1S/C17H29BN4O6/c1-2-11(16(24)21-9-3-4-14(21)18(26)27)20-15(23)12-7-5-10-6-8-13(28-19)17(25)22(10)12/h10-14,26-27H,2-9,19H2,1H3,(H,20,23). The molecule has 0 aromatic heterocycles. The summed E-state index contributed by atoms with van der Waals surface area (Å²) in [4.78, 5) is 46.1. The number of nitrogens with two attached hydrogens (primary N) is 1. The molecule has 5 atom stereocenters. The maximum Gasteiger partial charge on any atom is 0.475 e. The van der Waals surface area contributed by atoms with E-state index in [9.17, 15) is 24.4 Å². The van der Waals surface area contributed by atoms with E-state index in [0.29, 0.717) is 38.6 Å². The summed E-state index contributed by atoms with van der Waals surface area (Å²) in [5.74, 6) is 3.59. The van der Waals surface area contributed by atoms with Gasteiger partial charge in [-0.15, -0.1) is 0 Å². The fourth-order valence-corrected chi connectivity index (χ4v) is 4.70. The summed E-state index contributed by atoms with van der Waals surface area (Å²) >= 11 is 0. The van der Waals surface area contributed by atoms with Crippen LogP contribution in [0.4, 0.5) is 0 Å². The smallest absolute Gasteiger partial charge is 0.426 e. The molecule has 3 aliphatic heterocycles. The average molecular weight is 396 g/mol. The number of fused-ring (bicyclic) bond motifs is 1. The highest BCUT2D eigenvalue weighted by Crippen LogP contribution is 2.33. The molecule has 0 aromatic carbocycles. The van der Waals surface area contributed by atoms with Crippen LogP contribution < -0.4 is 11.2 Å². The second-order valence-electron chi connectivity index (χ2n) is 7.82. The van der Waals surface area contributed by atoms with Crippen molar-refractivity contribution in [1.82, 2.24) is 15.1 Å². The number of likely N-dealkylation sites (tertiary alicyclic amines) is 1. The number of hydrogen-bond acceptors (Lipinski definition) is 7. The third-order valence-corrected chi connectivity index (χ3v) is 6.21. The molecular weight excluding hydrogens is 367 g/mol. The van der Waals surface area contributed by atoms with Crippen molar-refractivity contribution in [2.45, 2.75) is 82.0 Å². The third-order valence-electron chi connectivity index (χ3n) is 6.21.